The quantitative estimate of drug-likeness (QED) is 0.783. The zero-order valence-corrected chi connectivity index (χ0v) is 10.1. The third kappa shape index (κ3) is 2.47. The van der Waals surface area contributed by atoms with Gasteiger partial charge in [-0.25, -0.2) is 4.98 Å². The highest BCUT2D eigenvalue weighted by atomic mass is 35.5. The van der Waals surface area contributed by atoms with Crippen LogP contribution in [0.4, 0.5) is 5.95 Å². The van der Waals surface area contributed by atoms with Gasteiger partial charge in [-0.1, -0.05) is 19.1 Å². The fourth-order valence-corrected chi connectivity index (χ4v) is 1.99. The highest BCUT2D eigenvalue weighted by molar-refractivity contribution is 6.17. The average molecular weight is 238 g/mol. The monoisotopic (exact) mass is 237 g/mol. The van der Waals surface area contributed by atoms with Crippen LogP contribution >= 0.6 is 11.6 Å². The average Bonchev–Trinajstić information content (AvgIpc) is 2.70. The third-order valence-corrected chi connectivity index (χ3v) is 2.90. The molecular weight excluding hydrogens is 222 g/mol. The number of H-pyrrole nitrogens is 1. The van der Waals surface area contributed by atoms with E-state index < -0.39 is 0 Å². The highest BCUT2D eigenvalue weighted by Gasteiger charge is 2.08. The van der Waals surface area contributed by atoms with Gasteiger partial charge in [-0.3, -0.25) is 0 Å². The van der Waals surface area contributed by atoms with Crippen LogP contribution in [-0.4, -0.2) is 21.9 Å². The fraction of sp³-hybridized carbons (Fsp3) is 0.417. The van der Waals surface area contributed by atoms with E-state index in [0.717, 1.165) is 29.8 Å². The van der Waals surface area contributed by atoms with E-state index in [-0.39, 0.29) is 0 Å². The number of anilines is 1. The van der Waals surface area contributed by atoms with E-state index in [9.17, 15) is 0 Å². The molecule has 0 saturated heterocycles. The number of para-hydroxylation sites is 2. The largest absolute Gasteiger partial charge is 0.353 e. The Hall–Kier alpha value is -1.22. The molecule has 2 aromatic rings. The number of halogens is 1. The molecule has 0 saturated carbocycles. The molecule has 0 amide bonds. The van der Waals surface area contributed by atoms with Gasteiger partial charge < -0.3 is 10.3 Å². The lowest BCUT2D eigenvalue weighted by Gasteiger charge is -2.14. The van der Waals surface area contributed by atoms with Crippen molar-refractivity contribution in [2.75, 3.05) is 11.2 Å². The summed E-state index contributed by atoms with van der Waals surface area (Å²) in [4.78, 5) is 7.73. The first-order valence-electron chi connectivity index (χ1n) is 5.60. The van der Waals surface area contributed by atoms with E-state index >= 15 is 0 Å². The minimum Gasteiger partial charge on any atom is -0.353 e. The van der Waals surface area contributed by atoms with Gasteiger partial charge in [-0.2, -0.15) is 0 Å². The van der Waals surface area contributed by atoms with Crippen molar-refractivity contribution in [2.45, 2.75) is 25.8 Å². The molecular formula is C12H16ClN3. The SMILES string of the molecule is CCC(CCCl)Nc1nc2ccccc2[nH]1. The number of nitrogens with one attached hydrogen (secondary N) is 2. The van der Waals surface area contributed by atoms with E-state index in [2.05, 4.69) is 22.2 Å². The molecule has 0 spiro atoms. The molecule has 0 aliphatic heterocycles. The van der Waals surface area contributed by atoms with Crippen molar-refractivity contribution < 1.29 is 0 Å². The number of hydrogen-bond acceptors (Lipinski definition) is 2. The molecule has 0 radical (unpaired) electrons. The molecule has 0 aliphatic rings. The second-order valence-electron chi connectivity index (χ2n) is 3.83. The summed E-state index contributed by atoms with van der Waals surface area (Å²) in [6.45, 7) is 2.15. The number of hydrogen-bond donors (Lipinski definition) is 2. The fourth-order valence-electron chi connectivity index (χ4n) is 1.72. The van der Waals surface area contributed by atoms with Crippen molar-refractivity contribution in [2.24, 2.45) is 0 Å². The smallest absolute Gasteiger partial charge is 0.201 e. The summed E-state index contributed by atoms with van der Waals surface area (Å²) in [6.07, 6.45) is 2.00. The maximum absolute atomic E-state index is 5.75. The summed E-state index contributed by atoms with van der Waals surface area (Å²) in [5, 5.41) is 3.37. The summed E-state index contributed by atoms with van der Waals surface area (Å²) in [5.41, 5.74) is 2.05. The number of alkyl halides is 1. The Kier molecular flexibility index (Phi) is 3.67. The Morgan fingerprint density at radius 2 is 2.25 bits per heavy atom. The summed E-state index contributed by atoms with van der Waals surface area (Å²) < 4.78 is 0. The molecule has 1 aromatic heterocycles. The topological polar surface area (TPSA) is 40.7 Å². The molecule has 3 nitrogen and oxygen atoms in total. The van der Waals surface area contributed by atoms with E-state index in [4.69, 9.17) is 11.6 Å². The third-order valence-electron chi connectivity index (χ3n) is 2.68. The molecule has 4 heteroatoms. The standard InChI is InChI=1S/C12H16ClN3/c1-2-9(7-8-13)14-12-15-10-5-3-4-6-11(10)16-12/h3-6,9H,2,7-8H2,1H3,(H2,14,15,16). The second-order valence-corrected chi connectivity index (χ2v) is 4.21. The number of nitrogens with zero attached hydrogens (tertiary/aromatic N) is 1. The van der Waals surface area contributed by atoms with E-state index in [1.807, 2.05) is 24.3 Å². The summed E-state index contributed by atoms with van der Waals surface area (Å²) in [6, 6.07) is 8.40. The Morgan fingerprint density at radius 1 is 1.44 bits per heavy atom. The number of fused-ring (bicyclic) bond motifs is 1. The number of rotatable bonds is 5. The van der Waals surface area contributed by atoms with Gasteiger partial charge in [0.25, 0.3) is 0 Å². The Bertz CT molecular complexity index is 419. The summed E-state index contributed by atoms with van der Waals surface area (Å²) >= 11 is 5.75. The lowest BCUT2D eigenvalue weighted by molar-refractivity contribution is 0.670. The molecule has 1 aromatic carbocycles. The lowest BCUT2D eigenvalue weighted by atomic mass is 10.2. The van der Waals surface area contributed by atoms with Crippen molar-refractivity contribution in [3.63, 3.8) is 0 Å². The molecule has 2 rings (SSSR count). The Balaban J connectivity index is 2.14. The van der Waals surface area contributed by atoms with E-state index in [1.165, 1.54) is 0 Å². The molecule has 0 bridgehead atoms. The maximum atomic E-state index is 5.75. The zero-order valence-electron chi connectivity index (χ0n) is 9.33. The van der Waals surface area contributed by atoms with Crippen molar-refractivity contribution in [3.8, 4) is 0 Å². The molecule has 1 atom stereocenters. The van der Waals surface area contributed by atoms with Crippen LogP contribution in [0.15, 0.2) is 24.3 Å². The van der Waals surface area contributed by atoms with Gasteiger partial charge in [0, 0.05) is 11.9 Å². The number of aromatic amines is 1. The molecule has 1 unspecified atom stereocenters. The van der Waals surface area contributed by atoms with Crippen LogP contribution in [0.25, 0.3) is 11.0 Å². The van der Waals surface area contributed by atoms with Crippen molar-refractivity contribution in [3.05, 3.63) is 24.3 Å². The molecule has 2 N–H and O–H groups in total. The van der Waals surface area contributed by atoms with E-state index in [0.29, 0.717) is 11.9 Å². The first-order chi connectivity index (χ1) is 7.83. The van der Waals surface area contributed by atoms with Crippen LogP contribution in [0.2, 0.25) is 0 Å². The van der Waals surface area contributed by atoms with E-state index in [1.54, 1.807) is 0 Å². The van der Waals surface area contributed by atoms with Crippen molar-refractivity contribution in [1.82, 2.24) is 9.97 Å². The predicted octanol–water partition coefficient (Wildman–Crippen LogP) is 3.38. The lowest BCUT2D eigenvalue weighted by Crippen LogP contribution is -2.19. The van der Waals surface area contributed by atoms with Crippen LogP contribution in [0.5, 0.6) is 0 Å². The molecule has 0 fully saturated rings. The second kappa shape index (κ2) is 5.21. The molecule has 1 heterocycles. The Morgan fingerprint density at radius 3 is 2.94 bits per heavy atom. The van der Waals surface area contributed by atoms with Gasteiger partial charge in [-0.15, -0.1) is 11.6 Å². The van der Waals surface area contributed by atoms with Crippen LogP contribution in [0, 0.1) is 0 Å². The zero-order chi connectivity index (χ0) is 11.4. The molecule has 16 heavy (non-hydrogen) atoms. The van der Waals surface area contributed by atoms with Crippen LogP contribution in [0.1, 0.15) is 19.8 Å². The molecule has 0 aliphatic carbocycles. The number of imidazole rings is 1. The number of benzene rings is 1. The minimum atomic E-state index is 0.387. The minimum absolute atomic E-state index is 0.387. The van der Waals surface area contributed by atoms with Gasteiger partial charge in [0.15, 0.2) is 0 Å². The highest BCUT2D eigenvalue weighted by Crippen LogP contribution is 2.15. The molecule has 86 valence electrons. The normalized spacial score (nSPS) is 12.9. The maximum Gasteiger partial charge on any atom is 0.201 e. The van der Waals surface area contributed by atoms with Gasteiger partial charge >= 0.3 is 0 Å². The predicted molar refractivity (Wildman–Crippen MR) is 69.1 cm³/mol. The number of aromatic nitrogens is 2. The van der Waals surface area contributed by atoms with Crippen LogP contribution < -0.4 is 5.32 Å². The summed E-state index contributed by atoms with van der Waals surface area (Å²) in [5.74, 6) is 1.50. The van der Waals surface area contributed by atoms with Gasteiger partial charge in [0.1, 0.15) is 0 Å². The van der Waals surface area contributed by atoms with Crippen LogP contribution in [0.3, 0.4) is 0 Å². The van der Waals surface area contributed by atoms with Crippen molar-refractivity contribution in [1.29, 1.82) is 0 Å². The van der Waals surface area contributed by atoms with Gasteiger partial charge in [0.2, 0.25) is 5.95 Å². The first kappa shape index (κ1) is 11.3. The van der Waals surface area contributed by atoms with Crippen LogP contribution in [-0.2, 0) is 0 Å². The Labute approximate surface area is 100 Å². The van der Waals surface area contributed by atoms with Crippen molar-refractivity contribution >= 4 is 28.6 Å². The first-order valence-corrected chi connectivity index (χ1v) is 6.14. The summed E-state index contributed by atoms with van der Waals surface area (Å²) in [7, 11) is 0. The van der Waals surface area contributed by atoms with Gasteiger partial charge in [-0.05, 0) is 25.0 Å². The van der Waals surface area contributed by atoms with Gasteiger partial charge in [0.05, 0.1) is 11.0 Å².